The van der Waals surface area contributed by atoms with Gasteiger partial charge in [-0.15, -0.1) is 11.6 Å². The van der Waals surface area contributed by atoms with Crippen LogP contribution >= 0.6 is 11.6 Å². The Morgan fingerprint density at radius 2 is 1.77 bits per heavy atom. The number of carbonyl (C=O) groups excluding carboxylic acids is 1. The fraction of sp³-hybridized carbons (Fsp3) is 0.533. The molecule has 1 aromatic carbocycles. The summed E-state index contributed by atoms with van der Waals surface area (Å²) in [6.45, 7) is 1.57. The van der Waals surface area contributed by atoms with Crippen LogP contribution in [0.4, 0.5) is 5.69 Å². The van der Waals surface area contributed by atoms with Crippen LogP contribution in [0.5, 0.6) is 0 Å². The fourth-order valence-corrected chi connectivity index (χ4v) is 3.83. The summed E-state index contributed by atoms with van der Waals surface area (Å²) in [5.41, 5.74) is 0.522. The van der Waals surface area contributed by atoms with E-state index in [1.165, 1.54) is 18.6 Å². The van der Waals surface area contributed by atoms with Gasteiger partial charge in [0.15, 0.2) is 0 Å². The molecule has 22 heavy (non-hydrogen) atoms. The molecule has 0 spiro atoms. The summed E-state index contributed by atoms with van der Waals surface area (Å²) in [4.78, 5) is 11.7. The van der Waals surface area contributed by atoms with Gasteiger partial charge >= 0.3 is 0 Å². The predicted molar refractivity (Wildman–Crippen MR) is 87.6 cm³/mol. The van der Waals surface area contributed by atoms with E-state index in [1.807, 2.05) is 0 Å². The highest BCUT2D eigenvalue weighted by atomic mass is 35.5. The summed E-state index contributed by atoms with van der Waals surface area (Å²) in [6.07, 6.45) is 5.08. The van der Waals surface area contributed by atoms with Crippen molar-refractivity contribution in [3.63, 3.8) is 0 Å². The second kappa shape index (κ2) is 7.44. The number of carbonyl (C=O) groups is 1. The molecule has 1 aliphatic carbocycles. The van der Waals surface area contributed by atoms with E-state index in [-0.39, 0.29) is 16.8 Å². The summed E-state index contributed by atoms with van der Waals surface area (Å²) < 4.78 is 27.4. The van der Waals surface area contributed by atoms with E-state index in [0.717, 1.165) is 25.7 Å². The Labute approximate surface area is 136 Å². The van der Waals surface area contributed by atoms with Gasteiger partial charge in [-0.3, -0.25) is 4.79 Å². The topological polar surface area (TPSA) is 75.3 Å². The molecule has 0 saturated heterocycles. The van der Waals surface area contributed by atoms with Crippen LogP contribution < -0.4 is 10.0 Å². The Balaban J connectivity index is 2.03. The number of rotatable bonds is 5. The lowest BCUT2D eigenvalue weighted by Crippen LogP contribution is -2.36. The largest absolute Gasteiger partial charge is 0.325 e. The van der Waals surface area contributed by atoms with Gasteiger partial charge in [-0.05, 0) is 44.0 Å². The molecule has 2 rings (SSSR count). The van der Waals surface area contributed by atoms with Crippen LogP contribution in [-0.2, 0) is 14.8 Å². The van der Waals surface area contributed by atoms with Crippen molar-refractivity contribution in [3.05, 3.63) is 24.3 Å². The first-order valence-electron chi connectivity index (χ1n) is 7.46. The van der Waals surface area contributed by atoms with Crippen LogP contribution in [-0.4, -0.2) is 25.7 Å². The second-order valence-corrected chi connectivity index (χ2v) is 7.95. The van der Waals surface area contributed by atoms with E-state index in [4.69, 9.17) is 11.6 Å². The number of nitrogens with one attached hydrogen (secondary N) is 2. The van der Waals surface area contributed by atoms with E-state index in [1.54, 1.807) is 19.1 Å². The Kier molecular flexibility index (Phi) is 5.83. The quantitative estimate of drug-likeness (QED) is 0.806. The van der Waals surface area contributed by atoms with Crippen molar-refractivity contribution in [2.24, 2.45) is 0 Å². The Hall–Kier alpha value is -1.11. The Bertz CT molecular complexity index is 608. The van der Waals surface area contributed by atoms with Gasteiger partial charge in [0.1, 0.15) is 5.38 Å². The van der Waals surface area contributed by atoms with Crippen LogP contribution in [0.3, 0.4) is 0 Å². The highest BCUT2D eigenvalue weighted by Crippen LogP contribution is 2.21. The molecule has 0 aliphatic heterocycles. The first kappa shape index (κ1) is 17.2. The molecule has 1 atom stereocenters. The number of anilines is 1. The Morgan fingerprint density at radius 3 is 2.32 bits per heavy atom. The molecule has 122 valence electrons. The van der Waals surface area contributed by atoms with Crippen molar-refractivity contribution >= 4 is 33.2 Å². The molecular weight excluding hydrogens is 324 g/mol. The Morgan fingerprint density at radius 1 is 1.18 bits per heavy atom. The van der Waals surface area contributed by atoms with Gasteiger partial charge in [-0.25, -0.2) is 13.1 Å². The summed E-state index contributed by atoms with van der Waals surface area (Å²) in [6, 6.07) is 6.12. The minimum absolute atomic E-state index is 0.0234. The summed E-state index contributed by atoms with van der Waals surface area (Å²) in [5, 5.41) is 1.97. The standard InChI is InChI=1S/C15H21ClN2O3S/c1-11(16)15(19)17-12-7-9-14(10-8-12)22(20,21)18-13-5-3-2-4-6-13/h7-11,13,18H,2-6H2,1H3,(H,17,19)/t11-/m1/s1. The highest BCUT2D eigenvalue weighted by Gasteiger charge is 2.21. The highest BCUT2D eigenvalue weighted by molar-refractivity contribution is 7.89. The maximum atomic E-state index is 12.3. The zero-order valence-corrected chi connectivity index (χ0v) is 14.1. The normalized spacial score (nSPS) is 17.9. The van der Waals surface area contributed by atoms with Crippen molar-refractivity contribution in [1.82, 2.24) is 4.72 Å². The van der Waals surface area contributed by atoms with E-state index in [2.05, 4.69) is 10.0 Å². The molecule has 1 aliphatic rings. The van der Waals surface area contributed by atoms with Crippen molar-refractivity contribution in [3.8, 4) is 0 Å². The smallest absolute Gasteiger partial charge is 0.242 e. The molecule has 2 N–H and O–H groups in total. The second-order valence-electron chi connectivity index (χ2n) is 5.59. The molecule has 0 bridgehead atoms. The van der Waals surface area contributed by atoms with Crippen molar-refractivity contribution in [2.45, 2.75) is 55.3 Å². The third-order valence-corrected chi connectivity index (χ3v) is 5.46. The van der Waals surface area contributed by atoms with Crippen molar-refractivity contribution < 1.29 is 13.2 Å². The van der Waals surface area contributed by atoms with Crippen LogP contribution in [0, 0.1) is 0 Å². The van der Waals surface area contributed by atoms with Crippen LogP contribution in [0.25, 0.3) is 0 Å². The van der Waals surface area contributed by atoms with Gasteiger partial charge in [0, 0.05) is 11.7 Å². The fourth-order valence-electron chi connectivity index (χ4n) is 2.47. The van der Waals surface area contributed by atoms with Crippen LogP contribution in [0.1, 0.15) is 39.0 Å². The number of sulfonamides is 1. The van der Waals surface area contributed by atoms with Gasteiger partial charge < -0.3 is 5.32 Å². The SMILES string of the molecule is C[C@@H](Cl)C(=O)Nc1ccc(S(=O)(=O)NC2CCCCC2)cc1. The van der Waals surface area contributed by atoms with E-state index in [9.17, 15) is 13.2 Å². The summed E-state index contributed by atoms with van der Waals surface area (Å²) in [5.74, 6) is -0.322. The van der Waals surface area contributed by atoms with Gasteiger partial charge in [-0.2, -0.15) is 0 Å². The molecular formula is C15H21ClN2O3S. The van der Waals surface area contributed by atoms with Crippen LogP contribution in [0.2, 0.25) is 0 Å². The number of hydrogen-bond acceptors (Lipinski definition) is 3. The lowest BCUT2D eigenvalue weighted by Gasteiger charge is -2.22. The van der Waals surface area contributed by atoms with Crippen molar-refractivity contribution in [2.75, 3.05) is 5.32 Å². The zero-order valence-electron chi connectivity index (χ0n) is 12.5. The molecule has 0 aromatic heterocycles. The molecule has 0 unspecified atom stereocenters. The maximum Gasteiger partial charge on any atom is 0.242 e. The third kappa shape index (κ3) is 4.69. The molecule has 5 nitrogen and oxygen atoms in total. The lowest BCUT2D eigenvalue weighted by atomic mass is 9.96. The number of hydrogen-bond donors (Lipinski definition) is 2. The van der Waals surface area contributed by atoms with E-state index in [0.29, 0.717) is 5.69 Å². The molecule has 7 heteroatoms. The average molecular weight is 345 g/mol. The summed E-state index contributed by atoms with van der Waals surface area (Å²) >= 11 is 5.67. The van der Waals surface area contributed by atoms with Gasteiger partial charge in [0.05, 0.1) is 4.90 Å². The van der Waals surface area contributed by atoms with Gasteiger partial charge in [0.25, 0.3) is 0 Å². The lowest BCUT2D eigenvalue weighted by molar-refractivity contribution is -0.115. The van der Waals surface area contributed by atoms with E-state index < -0.39 is 15.4 Å². The number of amides is 1. The number of benzene rings is 1. The minimum Gasteiger partial charge on any atom is -0.325 e. The molecule has 0 heterocycles. The van der Waals surface area contributed by atoms with Gasteiger partial charge in [-0.1, -0.05) is 19.3 Å². The van der Waals surface area contributed by atoms with Crippen molar-refractivity contribution in [1.29, 1.82) is 0 Å². The van der Waals surface area contributed by atoms with Gasteiger partial charge in [0.2, 0.25) is 15.9 Å². The molecule has 1 saturated carbocycles. The zero-order chi connectivity index (χ0) is 16.2. The molecule has 1 fully saturated rings. The monoisotopic (exact) mass is 344 g/mol. The third-order valence-electron chi connectivity index (χ3n) is 3.72. The average Bonchev–Trinajstić information content (AvgIpc) is 2.48. The first-order valence-corrected chi connectivity index (χ1v) is 9.38. The predicted octanol–water partition coefficient (Wildman–Crippen LogP) is 2.86. The first-order chi connectivity index (χ1) is 10.4. The van der Waals surface area contributed by atoms with E-state index >= 15 is 0 Å². The summed E-state index contributed by atoms with van der Waals surface area (Å²) in [7, 11) is -3.51. The number of alkyl halides is 1. The molecule has 0 radical (unpaired) electrons. The van der Waals surface area contributed by atoms with Crippen LogP contribution in [0.15, 0.2) is 29.2 Å². The molecule has 1 amide bonds. The maximum absolute atomic E-state index is 12.3. The molecule has 1 aromatic rings. The number of halogens is 1. The minimum atomic E-state index is -3.51.